The van der Waals surface area contributed by atoms with Crippen LogP contribution in [0.1, 0.15) is 26.5 Å². The van der Waals surface area contributed by atoms with Gasteiger partial charge in [0.1, 0.15) is 17.5 Å². The molecule has 0 unspecified atom stereocenters. The number of aliphatic hydroxyl groups is 1. The van der Waals surface area contributed by atoms with E-state index in [0.717, 1.165) is 0 Å². The molecular weight excluding hydrogens is 196 g/mol. The molecule has 0 aliphatic carbocycles. The van der Waals surface area contributed by atoms with Crippen molar-refractivity contribution < 1.29 is 19.0 Å². The highest BCUT2D eigenvalue weighted by molar-refractivity contribution is 5.11. The van der Waals surface area contributed by atoms with Crippen LogP contribution in [0.3, 0.4) is 0 Å². The molecule has 0 saturated carbocycles. The highest BCUT2D eigenvalue weighted by atomic mass is 16.7. The maximum atomic E-state index is 10.3. The maximum absolute atomic E-state index is 10.3. The van der Waals surface area contributed by atoms with Gasteiger partial charge in [0, 0.05) is 0 Å². The smallest absolute Gasteiger partial charge is 0.163 e. The van der Waals surface area contributed by atoms with Crippen molar-refractivity contribution >= 4 is 0 Å². The van der Waals surface area contributed by atoms with Gasteiger partial charge in [0.15, 0.2) is 5.79 Å². The fourth-order valence-corrected chi connectivity index (χ4v) is 1.69. The molecule has 1 aromatic rings. The van der Waals surface area contributed by atoms with Crippen LogP contribution in [0.4, 0.5) is 0 Å². The molecule has 0 aromatic carbocycles. The summed E-state index contributed by atoms with van der Waals surface area (Å²) in [6.45, 7) is 5.68. The second-order valence-corrected chi connectivity index (χ2v) is 4.44. The lowest BCUT2D eigenvalue weighted by atomic mass is 9.97. The van der Waals surface area contributed by atoms with Crippen LogP contribution in [-0.2, 0) is 15.1 Å². The first kappa shape index (κ1) is 10.7. The predicted molar refractivity (Wildman–Crippen MR) is 53.2 cm³/mol. The fourth-order valence-electron chi connectivity index (χ4n) is 1.69. The van der Waals surface area contributed by atoms with Gasteiger partial charge in [-0.05, 0) is 32.9 Å². The predicted octanol–water partition coefficient (Wildman–Crippen LogP) is 1.64. The molecule has 2 rings (SSSR count). The van der Waals surface area contributed by atoms with Gasteiger partial charge >= 0.3 is 0 Å². The Hall–Kier alpha value is -0.840. The van der Waals surface area contributed by atoms with Crippen molar-refractivity contribution in [3.8, 4) is 0 Å². The van der Waals surface area contributed by atoms with Gasteiger partial charge in [0.2, 0.25) is 0 Å². The highest BCUT2D eigenvalue weighted by Gasteiger charge is 2.45. The lowest BCUT2D eigenvalue weighted by molar-refractivity contribution is -0.172. The average Bonchev–Trinajstić information content (AvgIpc) is 2.72. The molecule has 1 N–H and O–H groups in total. The van der Waals surface area contributed by atoms with Crippen molar-refractivity contribution in [2.45, 2.75) is 38.3 Å². The Morgan fingerprint density at radius 1 is 1.53 bits per heavy atom. The van der Waals surface area contributed by atoms with Crippen molar-refractivity contribution in [3.05, 3.63) is 24.2 Å². The first-order valence-corrected chi connectivity index (χ1v) is 5.00. The Morgan fingerprint density at radius 2 is 2.27 bits per heavy atom. The summed E-state index contributed by atoms with van der Waals surface area (Å²) in [5.41, 5.74) is -1.16. The second kappa shape index (κ2) is 3.33. The topological polar surface area (TPSA) is 51.8 Å². The van der Waals surface area contributed by atoms with Crippen LogP contribution in [0.15, 0.2) is 22.8 Å². The minimum Gasteiger partial charge on any atom is -0.466 e. The van der Waals surface area contributed by atoms with Gasteiger partial charge < -0.3 is 19.0 Å². The summed E-state index contributed by atoms with van der Waals surface area (Å²) in [4.78, 5) is 0. The Balaban J connectivity index is 2.17. The van der Waals surface area contributed by atoms with E-state index in [1.54, 1.807) is 19.1 Å². The largest absolute Gasteiger partial charge is 0.466 e. The Labute approximate surface area is 88.8 Å². The molecule has 0 bridgehead atoms. The van der Waals surface area contributed by atoms with Gasteiger partial charge in [-0.15, -0.1) is 0 Å². The zero-order chi connectivity index (χ0) is 11.1. The summed E-state index contributed by atoms with van der Waals surface area (Å²) in [6, 6.07) is 3.47. The molecule has 0 amide bonds. The number of furan rings is 1. The van der Waals surface area contributed by atoms with Crippen molar-refractivity contribution in [3.63, 3.8) is 0 Å². The second-order valence-electron chi connectivity index (χ2n) is 4.44. The quantitative estimate of drug-likeness (QED) is 0.809. The van der Waals surface area contributed by atoms with Crippen LogP contribution in [0.2, 0.25) is 0 Å². The van der Waals surface area contributed by atoms with E-state index in [-0.39, 0.29) is 0 Å². The zero-order valence-corrected chi connectivity index (χ0v) is 9.19. The molecule has 1 aliphatic heterocycles. The molecule has 2 heterocycles. The van der Waals surface area contributed by atoms with Gasteiger partial charge in [-0.2, -0.15) is 0 Å². The molecule has 1 aromatic heterocycles. The van der Waals surface area contributed by atoms with Gasteiger partial charge in [0.25, 0.3) is 0 Å². The van der Waals surface area contributed by atoms with Crippen LogP contribution >= 0.6 is 0 Å². The lowest BCUT2D eigenvalue weighted by Crippen LogP contribution is -2.39. The van der Waals surface area contributed by atoms with E-state index in [1.165, 1.54) is 6.26 Å². The molecular formula is C11H16O4. The molecule has 84 valence electrons. The molecule has 2 atom stereocenters. The molecule has 1 saturated heterocycles. The summed E-state index contributed by atoms with van der Waals surface area (Å²) < 4.78 is 16.2. The van der Waals surface area contributed by atoms with Gasteiger partial charge in [-0.3, -0.25) is 0 Å². The molecule has 1 fully saturated rings. The first-order chi connectivity index (χ1) is 6.92. The Bertz CT molecular complexity index is 326. The molecule has 0 radical (unpaired) electrons. The van der Waals surface area contributed by atoms with Crippen molar-refractivity contribution in [2.24, 2.45) is 0 Å². The number of hydrogen-bond acceptors (Lipinski definition) is 4. The van der Waals surface area contributed by atoms with Gasteiger partial charge in [-0.1, -0.05) is 0 Å². The third kappa shape index (κ3) is 1.93. The lowest BCUT2D eigenvalue weighted by Gasteiger charge is -2.27. The normalized spacial score (nSPS) is 28.9. The summed E-state index contributed by atoms with van der Waals surface area (Å²) in [6.07, 6.45) is 1.13. The number of rotatable bonds is 2. The van der Waals surface area contributed by atoms with Crippen molar-refractivity contribution in [2.75, 3.05) is 6.61 Å². The van der Waals surface area contributed by atoms with Crippen LogP contribution in [0.25, 0.3) is 0 Å². The maximum Gasteiger partial charge on any atom is 0.163 e. The van der Waals surface area contributed by atoms with Crippen LogP contribution in [-0.4, -0.2) is 23.6 Å². The SMILES string of the molecule is CC1(C)OC[C@H]([C@](C)(O)c2ccco2)O1. The van der Waals surface area contributed by atoms with Gasteiger partial charge in [-0.25, -0.2) is 0 Å². The third-order valence-electron chi connectivity index (χ3n) is 2.66. The minimum absolute atomic E-state index is 0.362. The molecule has 4 heteroatoms. The average molecular weight is 212 g/mol. The standard InChI is InChI=1S/C11H16O4/c1-10(2)14-7-9(15-10)11(3,12)8-5-4-6-13-8/h4-6,9,12H,7H2,1-3H3/t9-,11-/m1/s1. The van der Waals surface area contributed by atoms with E-state index < -0.39 is 17.5 Å². The van der Waals surface area contributed by atoms with Crippen molar-refractivity contribution in [1.29, 1.82) is 0 Å². The minimum atomic E-state index is -1.16. The summed E-state index contributed by atoms with van der Waals surface area (Å²) in [5, 5.41) is 10.3. The first-order valence-electron chi connectivity index (χ1n) is 5.00. The number of hydrogen-bond donors (Lipinski definition) is 1. The summed E-state index contributed by atoms with van der Waals surface area (Å²) in [7, 11) is 0. The van der Waals surface area contributed by atoms with Crippen LogP contribution < -0.4 is 0 Å². The fraction of sp³-hybridized carbons (Fsp3) is 0.636. The zero-order valence-electron chi connectivity index (χ0n) is 9.19. The van der Waals surface area contributed by atoms with E-state index in [1.807, 2.05) is 13.8 Å². The Kier molecular flexibility index (Phi) is 2.37. The van der Waals surface area contributed by atoms with E-state index in [2.05, 4.69) is 0 Å². The van der Waals surface area contributed by atoms with Crippen LogP contribution in [0, 0.1) is 0 Å². The van der Waals surface area contributed by atoms with E-state index >= 15 is 0 Å². The van der Waals surface area contributed by atoms with E-state index in [9.17, 15) is 5.11 Å². The molecule has 0 spiro atoms. The number of ether oxygens (including phenoxy) is 2. The summed E-state index contributed by atoms with van der Waals surface area (Å²) >= 11 is 0. The third-order valence-corrected chi connectivity index (χ3v) is 2.66. The van der Waals surface area contributed by atoms with Crippen molar-refractivity contribution in [1.82, 2.24) is 0 Å². The van der Waals surface area contributed by atoms with E-state index in [0.29, 0.717) is 12.4 Å². The monoisotopic (exact) mass is 212 g/mol. The molecule has 15 heavy (non-hydrogen) atoms. The Morgan fingerprint density at radius 3 is 2.73 bits per heavy atom. The van der Waals surface area contributed by atoms with Crippen LogP contribution in [0.5, 0.6) is 0 Å². The molecule has 1 aliphatic rings. The summed E-state index contributed by atoms with van der Waals surface area (Å²) in [5.74, 6) is -0.143. The molecule has 4 nitrogen and oxygen atoms in total. The van der Waals surface area contributed by atoms with E-state index in [4.69, 9.17) is 13.9 Å². The van der Waals surface area contributed by atoms with Gasteiger partial charge in [0.05, 0.1) is 12.9 Å². The highest BCUT2D eigenvalue weighted by Crippen LogP contribution is 2.34.